The molecule has 2 fully saturated rings. The maximum absolute atomic E-state index is 13.6. The van der Waals surface area contributed by atoms with Gasteiger partial charge in [-0.05, 0) is 48.4 Å². The first-order valence-electron chi connectivity index (χ1n) is 10.9. The molecule has 0 radical (unpaired) electrons. The molecular formula is C25H27FN2O5. The van der Waals surface area contributed by atoms with Crippen LogP contribution < -0.4 is 4.74 Å². The lowest BCUT2D eigenvalue weighted by Crippen LogP contribution is -2.42. The van der Waals surface area contributed by atoms with Gasteiger partial charge in [-0.15, -0.1) is 0 Å². The predicted octanol–water partition coefficient (Wildman–Crippen LogP) is 2.90. The van der Waals surface area contributed by atoms with Crippen molar-refractivity contribution in [2.45, 2.75) is 13.0 Å². The van der Waals surface area contributed by atoms with Gasteiger partial charge < -0.3 is 19.5 Å². The Morgan fingerprint density at radius 3 is 2.45 bits per heavy atom. The van der Waals surface area contributed by atoms with Gasteiger partial charge in [0, 0.05) is 31.7 Å². The van der Waals surface area contributed by atoms with Crippen molar-refractivity contribution >= 4 is 17.4 Å². The van der Waals surface area contributed by atoms with Crippen LogP contribution in [-0.2, 0) is 14.3 Å². The van der Waals surface area contributed by atoms with Gasteiger partial charge in [-0.25, -0.2) is 4.39 Å². The number of ether oxygens (including phenoxy) is 2. The normalized spacial score (nSPS) is 20.9. The summed E-state index contributed by atoms with van der Waals surface area (Å²) < 4.78 is 24.3. The Morgan fingerprint density at radius 1 is 1.12 bits per heavy atom. The summed E-state index contributed by atoms with van der Waals surface area (Å²) in [4.78, 5) is 29.8. The van der Waals surface area contributed by atoms with Gasteiger partial charge in [-0.2, -0.15) is 0 Å². The minimum Gasteiger partial charge on any atom is -0.507 e. The lowest BCUT2D eigenvalue weighted by atomic mass is 9.94. The van der Waals surface area contributed by atoms with Gasteiger partial charge in [0.25, 0.3) is 11.7 Å². The van der Waals surface area contributed by atoms with Crippen molar-refractivity contribution in [2.24, 2.45) is 0 Å². The molecule has 1 amide bonds. The summed E-state index contributed by atoms with van der Waals surface area (Å²) in [7, 11) is 1.55. The number of Topliss-reactive ketones (excluding diaryl/α,β-unsaturated/α-hetero) is 1. The van der Waals surface area contributed by atoms with Gasteiger partial charge in [-0.3, -0.25) is 14.5 Å². The van der Waals surface area contributed by atoms with Gasteiger partial charge in [0.05, 0.1) is 31.9 Å². The number of benzene rings is 2. The molecule has 0 aliphatic carbocycles. The van der Waals surface area contributed by atoms with E-state index in [4.69, 9.17) is 9.47 Å². The SMILES string of the molecule is COc1ccc(/C(O)=C2/C(=O)C(=O)N(CCN3CCOCC3)C2c2ccc(F)cc2)cc1C. The number of amides is 1. The van der Waals surface area contributed by atoms with Gasteiger partial charge in [0.2, 0.25) is 0 Å². The van der Waals surface area contributed by atoms with Gasteiger partial charge in [-0.1, -0.05) is 12.1 Å². The number of halogens is 1. The summed E-state index contributed by atoms with van der Waals surface area (Å²) in [6, 6.07) is 9.89. The molecule has 1 N–H and O–H groups in total. The molecule has 0 spiro atoms. The van der Waals surface area contributed by atoms with Gasteiger partial charge in [0.1, 0.15) is 17.3 Å². The highest BCUT2D eigenvalue weighted by Crippen LogP contribution is 2.39. The third kappa shape index (κ3) is 4.62. The quantitative estimate of drug-likeness (QED) is 0.411. The molecule has 2 aliphatic heterocycles. The molecule has 2 saturated heterocycles. The van der Waals surface area contributed by atoms with Crippen molar-refractivity contribution in [1.82, 2.24) is 9.80 Å². The average molecular weight is 454 g/mol. The molecule has 2 aromatic carbocycles. The summed E-state index contributed by atoms with van der Waals surface area (Å²) in [5.74, 6) is -1.47. The molecule has 4 rings (SSSR count). The number of rotatable bonds is 6. The van der Waals surface area contributed by atoms with Crippen LogP contribution in [0.2, 0.25) is 0 Å². The van der Waals surface area contributed by atoms with E-state index in [2.05, 4.69) is 4.90 Å². The topological polar surface area (TPSA) is 79.3 Å². The van der Waals surface area contributed by atoms with Crippen molar-refractivity contribution in [1.29, 1.82) is 0 Å². The van der Waals surface area contributed by atoms with Gasteiger partial charge in [0.15, 0.2) is 0 Å². The largest absolute Gasteiger partial charge is 0.507 e. The lowest BCUT2D eigenvalue weighted by molar-refractivity contribution is -0.140. The van der Waals surface area contributed by atoms with E-state index in [1.807, 2.05) is 6.92 Å². The number of likely N-dealkylation sites (tertiary alicyclic amines) is 1. The Bertz CT molecular complexity index is 1080. The van der Waals surface area contributed by atoms with Crippen molar-refractivity contribution in [2.75, 3.05) is 46.5 Å². The molecule has 0 saturated carbocycles. The number of aliphatic hydroxyl groups excluding tert-OH is 1. The number of aliphatic hydroxyl groups is 1. The van der Waals surface area contributed by atoms with Crippen LogP contribution in [0.3, 0.4) is 0 Å². The molecule has 2 aliphatic rings. The highest BCUT2D eigenvalue weighted by molar-refractivity contribution is 6.46. The third-order valence-electron chi connectivity index (χ3n) is 6.15. The van der Waals surface area contributed by atoms with E-state index in [0.29, 0.717) is 43.2 Å². The number of hydrogen-bond donors (Lipinski definition) is 1. The van der Waals surface area contributed by atoms with E-state index in [0.717, 1.165) is 18.7 Å². The first-order chi connectivity index (χ1) is 15.9. The number of hydrogen-bond acceptors (Lipinski definition) is 6. The molecule has 1 unspecified atom stereocenters. The molecule has 0 aromatic heterocycles. The van der Waals surface area contributed by atoms with Crippen LogP contribution in [-0.4, -0.2) is 73.1 Å². The van der Waals surface area contributed by atoms with Crippen LogP contribution in [0.1, 0.15) is 22.7 Å². The number of nitrogens with zero attached hydrogens (tertiary/aromatic N) is 2. The highest BCUT2D eigenvalue weighted by Gasteiger charge is 2.46. The van der Waals surface area contributed by atoms with Crippen LogP contribution in [0.5, 0.6) is 5.75 Å². The number of ketones is 1. The van der Waals surface area contributed by atoms with Crippen LogP contribution in [0.4, 0.5) is 4.39 Å². The van der Waals surface area contributed by atoms with E-state index < -0.39 is 23.5 Å². The maximum atomic E-state index is 13.6. The zero-order valence-electron chi connectivity index (χ0n) is 18.7. The van der Waals surface area contributed by atoms with E-state index in [1.165, 1.54) is 17.0 Å². The van der Waals surface area contributed by atoms with Gasteiger partial charge >= 0.3 is 0 Å². The first kappa shape index (κ1) is 22.9. The number of morpholine rings is 1. The van der Waals surface area contributed by atoms with E-state index in [-0.39, 0.29) is 11.3 Å². The van der Waals surface area contributed by atoms with Crippen molar-refractivity contribution in [3.63, 3.8) is 0 Å². The third-order valence-corrected chi connectivity index (χ3v) is 6.15. The molecule has 174 valence electrons. The summed E-state index contributed by atoms with van der Waals surface area (Å²) in [6.45, 7) is 5.43. The van der Waals surface area contributed by atoms with Crippen LogP contribution in [0, 0.1) is 12.7 Å². The smallest absolute Gasteiger partial charge is 0.295 e. The summed E-state index contributed by atoms with van der Waals surface area (Å²) in [5, 5.41) is 11.2. The Balaban J connectivity index is 1.74. The first-order valence-corrected chi connectivity index (χ1v) is 10.9. The minimum atomic E-state index is -0.811. The molecule has 7 nitrogen and oxygen atoms in total. The molecular weight excluding hydrogens is 427 g/mol. The number of aryl methyl sites for hydroxylation is 1. The Hall–Kier alpha value is -3.23. The molecule has 2 aromatic rings. The fraction of sp³-hybridized carbons (Fsp3) is 0.360. The fourth-order valence-electron chi connectivity index (χ4n) is 4.36. The average Bonchev–Trinajstić information content (AvgIpc) is 3.08. The number of methoxy groups -OCH3 is 1. The Labute approximate surface area is 192 Å². The second-order valence-corrected chi connectivity index (χ2v) is 8.18. The number of carbonyl (C=O) groups is 2. The zero-order chi connectivity index (χ0) is 23.5. The molecule has 0 bridgehead atoms. The minimum absolute atomic E-state index is 0.00171. The highest BCUT2D eigenvalue weighted by atomic mass is 19.1. The zero-order valence-corrected chi connectivity index (χ0v) is 18.7. The van der Waals surface area contributed by atoms with E-state index in [1.54, 1.807) is 37.4 Å². The van der Waals surface area contributed by atoms with Crippen LogP contribution in [0.15, 0.2) is 48.0 Å². The van der Waals surface area contributed by atoms with E-state index in [9.17, 15) is 19.1 Å². The predicted molar refractivity (Wildman–Crippen MR) is 120 cm³/mol. The van der Waals surface area contributed by atoms with E-state index >= 15 is 0 Å². The summed E-state index contributed by atoms with van der Waals surface area (Å²) in [5.41, 5.74) is 1.75. The standard InChI is InChI=1S/C25H27FN2O5/c1-16-15-18(5-8-20(16)32-2)23(29)21-22(17-3-6-19(26)7-4-17)28(25(31)24(21)30)10-9-27-11-13-33-14-12-27/h3-8,15,22,29H,9-14H2,1-2H3/b23-21-. The molecule has 33 heavy (non-hydrogen) atoms. The molecule has 8 heteroatoms. The van der Waals surface area contributed by atoms with Crippen molar-refractivity contribution in [3.8, 4) is 5.75 Å². The van der Waals surface area contributed by atoms with Crippen molar-refractivity contribution in [3.05, 3.63) is 70.5 Å². The molecule has 1 atom stereocenters. The Kier molecular flexibility index (Phi) is 6.76. The summed E-state index contributed by atoms with van der Waals surface area (Å²) in [6.07, 6.45) is 0. The lowest BCUT2D eigenvalue weighted by Gasteiger charge is -2.31. The second-order valence-electron chi connectivity index (χ2n) is 8.18. The Morgan fingerprint density at radius 2 is 1.82 bits per heavy atom. The molecule has 2 heterocycles. The summed E-state index contributed by atoms with van der Waals surface area (Å²) >= 11 is 0. The van der Waals surface area contributed by atoms with Crippen LogP contribution >= 0.6 is 0 Å². The van der Waals surface area contributed by atoms with Crippen molar-refractivity contribution < 1.29 is 28.6 Å². The number of carbonyl (C=O) groups excluding carboxylic acids is 2. The monoisotopic (exact) mass is 454 g/mol. The maximum Gasteiger partial charge on any atom is 0.295 e. The van der Waals surface area contributed by atoms with Crippen LogP contribution in [0.25, 0.3) is 5.76 Å². The second kappa shape index (κ2) is 9.72. The fourth-order valence-corrected chi connectivity index (χ4v) is 4.36.